The van der Waals surface area contributed by atoms with Gasteiger partial charge in [0.15, 0.2) is 0 Å². The van der Waals surface area contributed by atoms with Crippen LogP contribution in [-0.2, 0) is 12.1 Å². The lowest BCUT2D eigenvalue weighted by Gasteiger charge is -2.23. The van der Waals surface area contributed by atoms with E-state index in [1.807, 2.05) is 22.9 Å². The fourth-order valence-electron chi connectivity index (χ4n) is 1.87. The third-order valence-electron chi connectivity index (χ3n) is 3.18. The molecule has 0 spiro atoms. The zero-order valence-corrected chi connectivity index (χ0v) is 11.9. The monoisotopic (exact) mass is 279 g/mol. The molecule has 1 aromatic carbocycles. The van der Waals surface area contributed by atoms with E-state index < -0.39 is 5.60 Å². The summed E-state index contributed by atoms with van der Waals surface area (Å²) in [7, 11) is 0. The molecule has 0 aliphatic rings. The number of benzene rings is 1. The Bertz CT molecular complexity index is 537. The molecule has 0 fully saturated rings. The SMILES string of the molecule is Cc1ccc(CNCC(C)(O)c2ccsc2)cc1F. The molecule has 1 atom stereocenters. The van der Waals surface area contributed by atoms with Gasteiger partial charge in [-0.2, -0.15) is 11.3 Å². The van der Waals surface area contributed by atoms with Crippen molar-refractivity contribution in [2.45, 2.75) is 26.0 Å². The van der Waals surface area contributed by atoms with Crippen molar-refractivity contribution >= 4 is 11.3 Å². The molecule has 0 amide bonds. The van der Waals surface area contributed by atoms with Crippen LogP contribution in [0, 0.1) is 12.7 Å². The molecule has 2 nitrogen and oxygen atoms in total. The van der Waals surface area contributed by atoms with Gasteiger partial charge in [0.05, 0.1) is 5.60 Å². The maximum Gasteiger partial charge on any atom is 0.126 e. The standard InChI is InChI=1S/C15H18FNOS/c1-11-3-4-12(7-14(11)16)8-17-10-15(2,18)13-5-6-19-9-13/h3-7,9,17-18H,8,10H2,1-2H3. The third kappa shape index (κ3) is 3.62. The number of nitrogens with one attached hydrogen (secondary N) is 1. The van der Waals surface area contributed by atoms with Gasteiger partial charge in [0.25, 0.3) is 0 Å². The molecule has 0 aliphatic carbocycles. The third-order valence-corrected chi connectivity index (χ3v) is 3.86. The molecule has 2 rings (SSSR count). The number of hydrogen-bond donors (Lipinski definition) is 2. The Kier molecular flexibility index (Phi) is 4.34. The first-order valence-electron chi connectivity index (χ1n) is 6.20. The molecule has 1 unspecified atom stereocenters. The summed E-state index contributed by atoms with van der Waals surface area (Å²) in [6, 6.07) is 7.10. The van der Waals surface area contributed by atoms with Gasteiger partial charge in [-0.1, -0.05) is 12.1 Å². The van der Waals surface area contributed by atoms with Crippen molar-refractivity contribution in [2.24, 2.45) is 0 Å². The summed E-state index contributed by atoms with van der Waals surface area (Å²) in [6.07, 6.45) is 0. The molecule has 102 valence electrons. The van der Waals surface area contributed by atoms with Crippen LogP contribution in [0.25, 0.3) is 0 Å². The number of aryl methyl sites for hydroxylation is 1. The van der Waals surface area contributed by atoms with Crippen LogP contribution in [0.15, 0.2) is 35.0 Å². The minimum absolute atomic E-state index is 0.191. The van der Waals surface area contributed by atoms with Gasteiger partial charge in [0, 0.05) is 13.1 Å². The van der Waals surface area contributed by atoms with Gasteiger partial charge in [-0.25, -0.2) is 4.39 Å². The molecule has 2 aromatic rings. The van der Waals surface area contributed by atoms with E-state index in [2.05, 4.69) is 5.32 Å². The lowest BCUT2D eigenvalue weighted by molar-refractivity contribution is 0.0571. The van der Waals surface area contributed by atoms with Crippen molar-refractivity contribution in [3.63, 3.8) is 0 Å². The normalized spacial score (nSPS) is 14.3. The van der Waals surface area contributed by atoms with Crippen molar-refractivity contribution in [2.75, 3.05) is 6.54 Å². The Morgan fingerprint density at radius 2 is 2.16 bits per heavy atom. The molecule has 4 heteroatoms. The van der Waals surface area contributed by atoms with Gasteiger partial charge in [-0.05, 0) is 53.4 Å². The summed E-state index contributed by atoms with van der Waals surface area (Å²) < 4.78 is 13.4. The predicted molar refractivity (Wildman–Crippen MR) is 76.7 cm³/mol. The molecule has 0 saturated carbocycles. The molecule has 0 aliphatic heterocycles. The summed E-state index contributed by atoms with van der Waals surface area (Å²) in [4.78, 5) is 0. The quantitative estimate of drug-likeness (QED) is 0.881. The maximum absolute atomic E-state index is 13.4. The van der Waals surface area contributed by atoms with Gasteiger partial charge in [0.2, 0.25) is 0 Å². The van der Waals surface area contributed by atoms with E-state index in [1.54, 1.807) is 31.3 Å². The van der Waals surface area contributed by atoms with Crippen molar-refractivity contribution in [3.8, 4) is 0 Å². The highest BCUT2D eigenvalue weighted by Gasteiger charge is 2.22. The van der Waals surface area contributed by atoms with Crippen LogP contribution < -0.4 is 5.32 Å². The van der Waals surface area contributed by atoms with Gasteiger partial charge in [-0.15, -0.1) is 0 Å². The van der Waals surface area contributed by atoms with Crippen LogP contribution >= 0.6 is 11.3 Å². The summed E-state index contributed by atoms with van der Waals surface area (Å²) in [5, 5.41) is 17.4. The Balaban J connectivity index is 1.91. The van der Waals surface area contributed by atoms with Crippen molar-refractivity contribution in [1.29, 1.82) is 0 Å². The number of hydrogen-bond acceptors (Lipinski definition) is 3. The minimum atomic E-state index is -0.900. The van der Waals surface area contributed by atoms with E-state index in [1.165, 1.54) is 6.07 Å². The van der Waals surface area contributed by atoms with E-state index in [4.69, 9.17) is 0 Å². The minimum Gasteiger partial charge on any atom is -0.384 e. The fourth-order valence-corrected chi connectivity index (χ4v) is 2.65. The van der Waals surface area contributed by atoms with Gasteiger partial charge in [-0.3, -0.25) is 0 Å². The molecule has 19 heavy (non-hydrogen) atoms. The highest BCUT2D eigenvalue weighted by Crippen LogP contribution is 2.22. The lowest BCUT2D eigenvalue weighted by Crippen LogP contribution is -2.34. The van der Waals surface area contributed by atoms with Gasteiger partial charge in [0.1, 0.15) is 5.82 Å². The largest absolute Gasteiger partial charge is 0.384 e. The second-order valence-electron chi connectivity index (χ2n) is 4.97. The van der Waals surface area contributed by atoms with Crippen LogP contribution in [0.3, 0.4) is 0 Å². The number of thiophene rings is 1. The first-order valence-corrected chi connectivity index (χ1v) is 7.14. The Hall–Kier alpha value is -1.23. The van der Waals surface area contributed by atoms with Crippen LogP contribution in [-0.4, -0.2) is 11.7 Å². The van der Waals surface area contributed by atoms with Crippen molar-refractivity contribution < 1.29 is 9.50 Å². The van der Waals surface area contributed by atoms with E-state index in [-0.39, 0.29) is 5.82 Å². The van der Waals surface area contributed by atoms with Crippen LogP contribution in [0.2, 0.25) is 0 Å². The predicted octanol–water partition coefficient (Wildman–Crippen LogP) is 3.19. The summed E-state index contributed by atoms with van der Waals surface area (Å²) in [6.45, 7) is 4.49. The second kappa shape index (κ2) is 5.82. The zero-order valence-electron chi connectivity index (χ0n) is 11.1. The number of aliphatic hydroxyl groups is 1. The zero-order chi connectivity index (χ0) is 13.9. The van der Waals surface area contributed by atoms with Crippen molar-refractivity contribution in [3.05, 3.63) is 57.5 Å². The summed E-state index contributed by atoms with van der Waals surface area (Å²) in [5.41, 5.74) is 1.53. The molecule has 1 aromatic heterocycles. The molecular weight excluding hydrogens is 261 g/mol. The highest BCUT2D eigenvalue weighted by molar-refractivity contribution is 7.08. The molecule has 1 heterocycles. The van der Waals surface area contributed by atoms with Gasteiger partial charge >= 0.3 is 0 Å². The van der Waals surface area contributed by atoms with E-state index in [9.17, 15) is 9.50 Å². The summed E-state index contributed by atoms with van der Waals surface area (Å²) in [5.74, 6) is -0.191. The number of rotatable bonds is 5. The number of halogens is 1. The molecule has 0 saturated heterocycles. The average molecular weight is 279 g/mol. The summed E-state index contributed by atoms with van der Waals surface area (Å²) >= 11 is 1.56. The second-order valence-corrected chi connectivity index (χ2v) is 5.75. The Morgan fingerprint density at radius 1 is 1.37 bits per heavy atom. The lowest BCUT2D eigenvalue weighted by atomic mass is 9.99. The van der Waals surface area contributed by atoms with E-state index >= 15 is 0 Å². The van der Waals surface area contributed by atoms with Crippen molar-refractivity contribution in [1.82, 2.24) is 5.32 Å². The smallest absolute Gasteiger partial charge is 0.126 e. The molecule has 0 radical (unpaired) electrons. The fraction of sp³-hybridized carbons (Fsp3) is 0.333. The molecule has 0 bridgehead atoms. The Morgan fingerprint density at radius 3 is 2.79 bits per heavy atom. The van der Waals surface area contributed by atoms with Gasteiger partial charge < -0.3 is 10.4 Å². The topological polar surface area (TPSA) is 32.3 Å². The molecular formula is C15H18FNOS. The maximum atomic E-state index is 13.4. The Labute approximate surface area is 116 Å². The van der Waals surface area contributed by atoms with Crippen LogP contribution in [0.5, 0.6) is 0 Å². The van der Waals surface area contributed by atoms with E-state index in [0.29, 0.717) is 18.7 Å². The first kappa shape index (κ1) is 14.2. The first-order chi connectivity index (χ1) is 8.99. The highest BCUT2D eigenvalue weighted by atomic mass is 32.1. The van der Waals surface area contributed by atoms with E-state index in [0.717, 1.165) is 11.1 Å². The van der Waals surface area contributed by atoms with Crippen LogP contribution in [0.4, 0.5) is 4.39 Å². The average Bonchev–Trinajstić information content (AvgIpc) is 2.88. The molecule has 2 N–H and O–H groups in total. The van der Waals surface area contributed by atoms with Crippen LogP contribution in [0.1, 0.15) is 23.6 Å².